The van der Waals surface area contributed by atoms with Crippen LogP contribution >= 0.6 is 0 Å². The number of nitrogens with zero attached hydrogens (tertiary/aromatic N) is 2. The predicted octanol–water partition coefficient (Wildman–Crippen LogP) is 5.68. The highest BCUT2D eigenvalue weighted by molar-refractivity contribution is 5.72. The number of rotatable bonds is 4. The van der Waals surface area contributed by atoms with Gasteiger partial charge in [0.1, 0.15) is 18.0 Å². The summed E-state index contributed by atoms with van der Waals surface area (Å²) >= 11 is 0. The van der Waals surface area contributed by atoms with E-state index in [2.05, 4.69) is 56.9 Å². The van der Waals surface area contributed by atoms with Gasteiger partial charge in [-0.25, -0.2) is 4.98 Å². The third kappa shape index (κ3) is 3.13. The molecule has 0 atom stereocenters. The van der Waals surface area contributed by atoms with Gasteiger partial charge in [0, 0.05) is 5.56 Å². The van der Waals surface area contributed by atoms with Crippen molar-refractivity contribution in [1.29, 1.82) is 0 Å². The summed E-state index contributed by atoms with van der Waals surface area (Å²) in [5, 5.41) is 2.98. The summed E-state index contributed by atoms with van der Waals surface area (Å²) in [6, 6.07) is 8.27. The zero-order valence-electron chi connectivity index (χ0n) is 16.6. The van der Waals surface area contributed by atoms with E-state index in [9.17, 15) is 4.91 Å². The summed E-state index contributed by atoms with van der Waals surface area (Å²) in [7, 11) is 1.65. The average Bonchev–Trinajstić information content (AvgIpc) is 2.59. The van der Waals surface area contributed by atoms with Gasteiger partial charge in [-0.2, -0.15) is 4.91 Å². The number of methoxy groups -OCH3 is 1. The van der Waals surface area contributed by atoms with Crippen LogP contribution in [-0.4, -0.2) is 12.1 Å². The molecule has 1 aliphatic rings. The molecule has 138 valence electrons. The highest BCUT2D eigenvalue weighted by Gasteiger charge is 2.37. The zero-order valence-corrected chi connectivity index (χ0v) is 16.6. The first-order valence-corrected chi connectivity index (χ1v) is 9.18. The molecular weight excluding hydrogens is 324 g/mol. The van der Waals surface area contributed by atoms with Crippen molar-refractivity contribution in [1.82, 2.24) is 4.98 Å². The van der Waals surface area contributed by atoms with E-state index >= 15 is 0 Å². The Kier molecular flexibility index (Phi) is 4.63. The highest BCUT2D eigenvalue weighted by atomic mass is 16.5. The molecule has 0 N–H and O–H groups in total. The van der Waals surface area contributed by atoms with Crippen LogP contribution in [0.3, 0.4) is 0 Å². The van der Waals surface area contributed by atoms with E-state index in [0.29, 0.717) is 5.69 Å². The number of hydrogen-bond acceptors (Lipinski definition) is 4. The Balaban J connectivity index is 2.25. The molecule has 0 saturated heterocycles. The lowest BCUT2D eigenvalue weighted by Crippen LogP contribution is -2.34. The number of hydrogen-bond donors (Lipinski definition) is 0. The number of aryl methyl sites for hydroxylation is 1. The second-order valence-electron chi connectivity index (χ2n) is 8.62. The third-order valence-electron chi connectivity index (χ3n) is 5.82. The number of fused-ring (bicyclic) bond motifs is 1. The van der Waals surface area contributed by atoms with Gasteiger partial charge in [-0.05, 0) is 65.5 Å². The number of ether oxygens (including phenoxy) is 1. The summed E-state index contributed by atoms with van der Waals surface area (Å²) < 4.78 is 5.55. The number of nitroso groups, excluding NO2 is 1. The summed E-state index contributed by atoms with van der Waals surface area (Å²) in [6.45, 7) is 11.5. The molecule has 0 aliphatic heterocycles. The van der Waals surface area contributed by atoms with Crippen molar-refractivity contribution in [3.05, 3.63) is 51.6 Å². The molecule has 4 nitrogen and oxygen atoms in total. The van der Waals surface area contributed by atoms with Crippen LogP contribution in [-0.2, 0) is 17.4 Å². The first kappa shape index (κ1) is 18.6. The topological polar surface area (TPSA) is 51.5 Å². The van der Waals surface area contributed by atoms with Crippen LogP contribution in [0.15, 0.2) is 29.4 Å². The quantitative estimate of drug-likeness (QED) is 0.665. The summed E-state index contributed by atoms with van der Waals surface area (Å²) in [6.07, 6.45) is 2.35. The molecule has 0 saturated carbocycles. The van der Waals surface area contributed by atoms with Gasteiger partial charge in [0.05, 0.1) is 12.8 Å². The fourth-order valence-electron chi connectivity index (χ4n) is 3.98. The Morgan fingerprint density at radius 2 is 1.69 bits per heavy atom. The van der Waals surface area contributed by atoms with Gasteiger partial charge in [0.15, 0.2) is 0 Å². The Labute approximate surface area is 156 Å². The number of pyridine rings is 1. The molecule has 1 aromatic heterocycles. The van der Waals surface area contributed by atoms with E-state index in [4.69, 9.17) is 4.74 Å². The largest absolute Gasteiger partial charge is 0.494 e. The highest BCUT2D eigenvalue weighted by Crippen LogP contribution is 2.48. The summed E-state index contributed by atoms with van der Waals surface area (Å²) in [5.74, 6) is 0.718. The Morgan fingerprint density at radius 3 is 2.27 bits per heavy atom. The maximum absolute atomic E-state index is 10.7. The minimum absolute atomic E-state index is 0.0690. The van der Waals surface area contributed by atoms with Gasteiger partial charge < -0.3 is 4.74 Å². The van der Waals surface area contributed by atoms with Crippen molar-refractivity contribution in [3.63, 3.8) is 0 Å². The molecule has 1 aliphatic carbocycles. The fraction of sp³-hybridized carbons (Fsp3) is 0.500. The van der Waals surface area contributed by atoms with Crippen LogP contribution < -0.4 is 4.74 Å². The van der Waals surface area contributed by atoms with Gasteiger partial charge in [-0.1, -0.05) is 38.9 Å². The molecule has 26 heavy (non-hydrogen) atoms. The Hall–Kier alpha value is -2.23. The molecule has 4 heteroatoms. The summed E-state index contributed by atoms with van der Waals surface area (Å²) in [4.78, 5) is 15.3. The minimum Gasteiger partial charge on any atom is -0.494 e. The zero-order chi connectivity index (χ0) is 19.1. The fourth-order valence-corrected chi connectivity index (χ4v) is 3.98. The molecular formula is C22H28N2O2. The van der Waals surface area contributed by atoms with E-state index < -0.39 is 0 Å². The van der Waals surface area contributed by atoms with E-state index in [-0.39, 0.29) is 17.4 Å². The molecule has 1 heterocycles. The van der Waals surface area contributed by atoms with Crippen molar-refractivity contribution in [2.45, 2.75) is 64.8 Å². The van der Waals surface area contributed by atoms with Crippen molar-refractivity contribution < 1.29 is 4.74 Å². The van der Waals surface area contributed by atoms with Crippen molar-refractivity contribution in [2.75, 3.05) is 7.11 Å². The van der Waals surface area contributed by atoms with Crippen LogP contribution in [0.2, 0.25) is 0 Å². The van der Waals surface area contributed by atoms with E-state index in [1.165, 1.54) is 23.1 Å². The maximum atomic E-state index is 10.7. The van der Waals surface area contributed by atoms with Gasteiger partial charge in [0.25, 0.3) is 0 Å². The van der Waals surface area contributed by atoms with Crippen molar-refractivity contribution in [3.8, 4) is 17.0 Å². The SMILES string of the molecule is COc1ccc(CN=O)nc1-c1cc2c(cc1C)C(C)(C)CCC2(C)C. The normalized spacial score (nSPS) is 17.5. The van der Waals surface area contributed by atoms with E-state index in [1.54, 1.807) is 13.2 Å². The Bertz CT molecular complexity index is 853. The molecule has 0 radical (unpaired) electrons. The molecule has 3 rings (SSSR count). The van der Waals surface area contributed by atoms with Crippen LogP contribution in [0.4, 0.5) is 0 Å². The second kappa shape index (κ2) is 6.49. The van der Waals surface area contributed by atoms with Gasteiger partial charge in [-0.3, -0.25) is 0 Å². The molecule has 0 bridgehead atoms. The number of benzene rings is 1. The van der Waals surface area contributed by atoms with Gasteiger partial charge in [0.2, 0.25) is 0 Å². The molecule has 0 amide bonds. The summed E-state index contributed by atoms with van der Waals surface area (Å²) in [5.41, 5.74) is 6.81. The van der Waals surface area contributed by atoms with Crippen LogP contribution in [0.25, 0.3) is 11.3 Å². The second-order valence-corrected chi connectivity index (χ2v) is 8.62. The lowest BCUT2D eigenvalue weighted by Gasteiger charge is -2.42. The predicted molar refractivity (Wildman–Crippen MR) is 106 cm³/mol. The van der Waals surface area contributed by atoms with Crippen molar-refractivity contribution >= 4 is 0 Å². The molecule has 0 fully saturated rings. The van der Waals surface area contributed by atoms with Crippen molar-refractivity contribution in [2.24, 2.45) is 5.18 Å². The monoisotopic (exact) mass is 352 g/mol. The molecule has 2 aromatic rings. The standard InChI is InChI=1S/C22H28N2O2/c1-14-11-17-18(22(4,5)10-9-21(17,2)3)12-16(14)20-19(26-6)8-7-15(24-20)13-23-25/h7-8,11-12H,9-10,13H2,1-6H3. The van der Waals surface area contributed by atoms with E-state index in [1.807, 2.05) is 6.07 Å². The maximum Gasteiger partial charge on any atom is 0.145 e. The molecule has 0 unspecified atom stereocenters. The smallest absolute Gasteiger partial charge is 0.145 e. The van der Waals surface area contributed by atoms with Crippen LogP contribution in [0.5, 0.6) is 5.75 Å². The van der Waals surface area contributed by atoms with Gasteiger partial charge in [-0.15, -0.1) is 0 Å². The van der Waals surface area contributed by atoms with E-state index in [0.717, 1.165) is 23.4 Å². The minimum atomic E-state index is 0.0690. The average molecular weight is 352 g/mol. The van der Waals surface area contributed by atoms with Crippen LogP contribution in [0.1, 0.15) is 62.9 Å². The molecule has 1 aromatic carbocycles. The molecule has 0 spiro atoms. The first-order chi connectivity index (χ1) is 12.2. The lowest BCUT2D eigenvalue weighted by atomic mass is 9.62. The lowest BCUT2D eigenvalue weighted by molar-refractivity contribution is 0.332. The number of aromatic nitrogens is 1. The Morgan fingerprint density at radius 1 is 1.08 bits per heavy atom. The van der Waals surface area contributed by atoms with Gasteiger partial charge >= 0.3 is 0 Å². The third-order valence-corrected chi connectivity index (χ3v) is 5.82. The van der Waals surface area contributed by atoms with Crippen LogP contribution in [0, 0.1) is 11.8 Å². The first-order valence-electron chi connectivity index (χ1n) is 9.18.